The molecule has 2 heterocycles. The number of anilines is 1. The van der Waals surface area contributed by atoms with Gasteiger partial charge in [-0.15, -0.1) is 0 Å². The van der Waals surface area contributed by atoms with Gasteiger partial charge in [0, 0.05) is 17.8 Å². The predicted molar refractivity (Wildman–Crippen MR) is 91.4 cm³/mol. The molecule has 5 nitrogen and oxygen atoms in total. The monoisotopic (exact) mass is 381 g/mol. The molecule has 26 heavy (non-hydrogen) atoms. The van der Waals surface area contributed by atoms with Gasteiger partial charge in [-0.1, -0.05) is 11.6 Å². The highest BCUT2D eigenvalue weighted by Gasteiger charge is 2.21. The maximum atomic E-state index is 14.3. The van der Waals surface area contributed by atoms with Gasteiger partial charge < -0.3 is 5.73 Å². The van der Waals surface area contributed by atoms with Gasteiger partial charge in [-0.05, 0) is 19.9 Å². The number of nitrogen functional groups attached to an aromatic ring is 1. The Hall–Kier alpha value is -2.87. The summed E-state index contributed by atoms with van der Waals surface area (Å²) in [7, 11) is 0. The molecule has 0 fully saturated rings. The molecule has 0 aliphatic rings. The number of fused-ring (bicyclic) bond motifs is 1. The molecule has 0 aliphatic carbocycles. The van der Waals surface area contributed by atoms with Gasteiger partial charge in [0.25, 0.3) is 0 Å². The molecule has 0 saturated heterocycles. The summed E-state index contributed by atoms with van der Waals surface area (Å²) >= 11 is 6.17. The molecule has 0 saturated carbocycles. The first kappa shape index (κ1) is 17.9. The second kappa shape index (κ2) is 6.14. The van der Waals surface area contributed by atoms with Gasteiger partial charge in [0.1, 0.15) is 5.82 Å². The van der Waals surface area contributed by atoms with E-state index >= 15 is 0 Å². The van der Waals surface area contributed by atoms with E-state index in [9.17, 15) is 22.8 Å². The van der Waals surface area contributed by atoms with Crippen molar-refractivity contribution in [2.75, 3.05) is 5.73 Å². The molecule has 134 valence electrons. The predicted octanol–water partition coefficient (Wildman–Crippen LogP) is 3.55. The van der Waals surface area contributed by atoms with E-state index in [1.54, 1.807) is 0 Å². The Morgan fingerprint density at radius 3 is 2.46 bits per heavy atom. The summed E-state index contributed by atoms with van der Waals surface area (Å²) in [6, 6.07) is 1.42. The molecule has 0 amide bonds. The van der Waals surface area contributed by atoms with Crippen molar-refractivity contribution >= 4 is 34.1 Å². The maximum Gasteiger partial charge on any atom is 0.200 e. The van der Waals surface area contributed by atoms with Crippen LogP contribution in [-0.4, -0.2) is 15.3 Å². The van der Waals surface area contributed by atoms with Crippen LogP contribution in [0.5, 0.6) is 0 Å². The van der Waals surface area contributed by atoms with E-state index in [-0.39, 0.29) is 27.1 Å². The Kier molecular flexibility index (Phi) is 4.23. The minimum atomic E-state index is -1.10. The van der Waals surface area contributed by atoms with Crippen LogP contribution in [0.2, 0.25) is 5.02 Å². The van der Waals surface area contributed by atoms with Gasteiger partial charge in [0.15, 0.2) is 34.5 Å². The fourth-order valence-electron chi connectivity index (χ4n) is 2.57. The summed E-state index contributed by atoms with van der Waals surface area (Å²) in [5.74, 6) is -4.64. The smallest absolute Gasteiger partial charge is 0.200 e. The van der Waals surface area contributed by atoms with Gasteiger partial charge >= 0.3 is 0 Å². The summed E-state index contributed by atoms with van der Waals surface area (Å²) in [5.41, 5.74) is 4.25. The summed E-state index contributed by atoms with van der Waals surface area (Å²) in [6.07, 6.45) is 1.03. The van der Waals surface area contributed by atoms with E-state index in [1.807, 2.05) is 0 Å². The van der Waals surface area contributed by atoms with Gasteiger partial charge in [0.2, 0.25) is 0 Å². The number of aromatic nitrogens is 2. The fraction of sp³-hybridized carbons (Fsp3) is 0.118. The molecule has 9 heteroatoms. The van der Waals surface area contributed by atoms with Crippen LogP contribution in [-0.2, 0) is 0 Å². The maximum absolute atomic E-state index is 14.3. The highest BCUT2D eigenvalue weighted by atomic mass is 35.5. The lowest BCUT2D eigenvalue weighted by Crippen LogP contribution is -2.19. The molecule has 3 aromatic rings. The van der Waals surface area contributed by atoms with Crippen LogP contribution in [0.3, 0.4) is 0 Å². The van der Waals surface area contributed by atoms with Crippen molar-refractivity contribution in [3.63, 3.8) is 0 Å². The van der Waals surface area contributed by atoms with Crippen LogP contribution in [0.1, 0.15) is 22.8 Å². The van der Waals surface area contributed by atoms with Crippen molar-refractivity contribution in [1.82, 2.24) is 9.55 Å². The third-order valence-corrected chi connectivity index (χ3v) is 4.42. The van der Waals surface area contributed by atoms with Crippen molar-refractivity contribution < 1.29 is 18.0 Å². The second-order valence-corrected chi connectivity index (χ2v) is 6.03. The van der Waals surface area contributed by atoms with Crippen molar-refractivity contribution in [2.45, 2.75) is 13.8 Å². The summed E-state index contributed by atoms with van der Waals surface area (Å²) in [4.78, 5) is 28.0. The zero-order valence-corrected chi connectivity index (χ0v) is 14.3. The third kappa shape index (κ3) is 2.62. The molecule has 2 aromatic heterocycles. The van der Waals surface area contributed by atoms with Gasteiger partial charge in [-0.2, -0.15) is 0 Å². The van der Waals surface area contributed by atoms with Gasteiger partial charge in [-0.3, -0.25) is 14.2 Å². The van der Waals surface area contributed by atoms with Crippen LogP contribution in [0, 0.1) is 24.4 Å². The van der Waals surface area contributed by atoms with E-state index in [4.69, 9.17) is 17.3 Å². The zero-order chi connectivity index (χ0) is 19.3. The molecule has 0 spiro atoms. The van der Waals surface area contributed by atoms with Crippen LogP contribution >= 0.6 is 11.6 Å². The number of ketones is 1. The Labute approximate surface area is 149 Å². The van der Waals surface area contributed by atoms with Crippen molar-refractivity contribution in [3.8, 4) is 5.82 Å². The number of nitrogens with two attached hydrogens (primary N) is 1. The molecule has 0 bridgehead atoms. The number of pyridine rings is 2. The van der Waals surface area contributed by atoms with Crippen LogP contribution in [0.4, 0.5) is 19.0 Å². The topological polar surface area (TPSA) is 78.0 Å². The Balaban J connectivity index is 2.59. The first-order chi connectivity index (χ1) is 12.1. The SMILES string of the molecule is CC(=O)c1cn(-c2nc(N)c(F)cc2F)c2c(Cl)c(C)c(F)cc2c1=O. The summed E-state index contributed by atoms with van der Waals surface area (Å²) < 4.78 is 42.8. The average molecular weight is 382 g/mol. The van der Waals surface area contributed by atoms with E-state index < -0.39 is 40.3 Å². The zero-order valence-electron chi connectivity index (χ0n) is 13.5. The molecule has 0 unspecified atom stereocenters. The lowest BCUT2D eigenvalue weighted by Gasteiger charge is -2.16. The molecular weight excluding hydrogens is 371 g/mol. The second-order valence-electron chi connectivity index (χ2n) is 5.65. The van der Waals surface area contributed by atoms with E-state index in [0.29, 0.717) is 6.07 Å². The van der Waals surface area contributed by atoms with Crippen molar-refractivity contribution in [2.24, 2.45) is 0 Å². The quantitative estimate of drug-likeness (QED) is 0.689. The van der Waals surface area contributed by atoms with Crippen LogP contribution in [0.15, 0.2) is 23.1 Å². The molecule has 2 N–H and O–H groups in total. The van der Waals surface area contributed by atoms with Crippen LogP contribution < -0.4 is 11.2 Å². The van der Waals surface area contributed by atoms with Crippen molar-refractivity contribution in [3.05, 3.63) is 62.2 Å². The molecule has 0 aliphatic heterocycles. The highest BCUT2D eigenvalue weighted by molar-refractivity contribution is 6.36. The van der Waals surface area contributed by atoms with Gasteiger partial charge in [-0.25, -0.2) is 18.2 Å². The number of nitrogens with zero attached hydrogens (tertiary/aromatic N) is 2. The number of carbonyl (C=O) groups is 1. The Bertz CT molecular complexity index is 1160. The minimum Gasteiger partial charge on any atom is -0.381 e. The number of hydrogen-bond acceptors (Lipinski definition) is 4. The molecular formula is C17H11ClF3N3O2. The number of hydrogen-bond donors (Lipinski definition) is 1. The number of carbonyl (C=O) groups excluding carboxylic acids is 1. The van der Waals surface area contributed by atoms with Gasteiger partial charge in [0.05, 0.1) is 21.5 Å². The van der Waals surface area contributed by atoms with E-state index in [1.165, 1.54) is 6.92 Å². The average Bonchev–Trinajstić information content (AvgIpc) is 2.57. The minimum absolute atomic E-state index is 0.0124. The lowest BCUT2D eigenvalue weighted by molar-refractivity contribution is 0.101. The Morgan fingerprint density at radius 1 is 1.19 bits per heavy atom. The molecule has 1 aromatic carbocycles. The molecule has 0 atom stereocenters. The summed E-state index contributed by atoms with van der Waals surface area (Å²) in [6.45, 7) is 2.50. The highest BCUT2D eigenvalue weighted by Crippen LogP contribution is 2.30. The van der Waals surface area contributed by atoms with Crippen LogP contribution in [0.25, 0.3) is 16.7 Å². The number of Topliss-reactive ketones (excluding diaryl/α,β-unsaturated/α-hetero) is 1. The Morgan fingerprint density at radius 2 is 1.85 bits per heavy atom. The first-order valence-corrected chi connectivity index (χ1v) is 7.68. The normalized spacial score (nSPS) is 11.2. The fourth-order valence-corrected chi connectivity index (χ4v) is 2.85. The molecule has 0 radical (unpaired) electrons. The summed E-state index contributed by atoms with van der Waals surface area (Å²) in [5, 5.41) is -0.411. The largest absolute Gasteiger partial charge is 0.381 e. The van der Waals surface area contributed by atoms with E-state index in [2.05, 4.69) is 4.98 Å². The lowest BCUT2D eigenvalue weighted by atomic mass is 10.1. The first-order valence-electron chi connectivity index (χ1n) is 7.30. The number of halogens is 4. The molecule has 3 rings (SSSR count). The number of rotatable bonds is 2. The van der Waals surface area contributed by atoms with Crippen molar-refractivity contribution in [1.29, 1.82) is 0 Å². The number of benzene rings is 1. The third-order valence-electron chi connectivity index (χ3n) is 3.96. The van der Waals surface area contributed by atoms with E-state index in [0.717, 1.165) is 23.8 Å². The standard InChI is InChI=1S/C17H11ClF3N3O2/c1-6-10(19)3-8-14(13(6)18)24(5-9(7(2)25)15(8)26)17-12(21)4-11(20)16(22)23-17/h3-5H,1-2H3,(H2,22,23).